The SMILES string of the molecule is COC(CNc1cccc(-c2cnco2)c1)OC. The summed E-state index contributed by atoms with van der Waals surface area (Å²) in [6.07, 6.45) is 2.84. The predicted molar refractivity (Wildman–Crippen MR) is 68.2 cm³/mol. The van der Waals surface area contributed by atoms with E-state index in [0.717, 1.165) is 17.0 Å². The summed E-state index contributed by atoms with van der Waals surface area (Å²) in [6, 6.07) is 7.88. The number of benzene rings is 1. The molecule has 0 bridgehead atoms. The molecule has 0 aliphatic heterocycles. The molecule has 2 aromatic rings. The number of rotatable bonds is 6. The van der Waals surface area contributed by atoms with Crippen molar-refractivity contribution >= 4 is 5.69 Å². The number of aromatic nitrogens is 1. The van der Waals surface area contributed by atoms with Crippen LogP contribution in [-0.2, 0) is 9.47 Å². The highest BCUT2D eigenvalue weighted by Gasteiger charge is 2.06. The predicted octanol–water partition coefficient (Wildman–Crippen LogP) is 2.37. The third kappa shape index (κ3) is 3.09. The van der Waals surface area contributed by atoms with E-state index in [0.29, 0.717) is 6.54 Å². The summed E-state index contributed by atoms with van der Waals surface area (Å²) in [5, 5.41) is 3.24. The monoisotopic (exact) mass is 248 g/mol. The van der Waals surface area contributed by atoms with Crippen molar-refractivity contribution in [3.8, 4) is 11.3 Å². The van der Waals surface area contributed by atoms with Crippen molar-refractivity contribution in [1.82, 2.24) is 4.98 Å². The normalized spacial score (nSPS) is 10.8. The first kappa shape index (κ1) is 12.6. The lowest BCUT2D eigenvalue weighted by molar-refractivity contribution is -0.0914. The zero-order chi connectivity index (χ0) is 12.8. The van der Waals surface area contributed by atoms with Crippen molar-refractivity contribution in [2.45, 2.75) is 6.29 Å². The van der Waals surface area contributed by atoms with Crippen LogP contribution in [0.3, 0.4) is 0 Å². The number of hydrogen-bond acceptors (Lipinski definition) is 5. The van der Waals surface area contributed by atoms with Crippen LogP contribution >= 0.6 is 0 Å². The molecule has 0 aliphatic rings. The Hall–Kier alpha value is -1.85. The molecular weight excluding hydrogens is 232 g/mol. The van der Waals surface area contributed by atoms with E-state index in [4.69, 9.17) is 13.9 Å². The molecule has 96 valence electrons. The number of ether oxygens (including phenoxy) is 2. The molecule has 1 heterocycles. The van der Waals surface area contributed by atoms with Gasteiger partial charge in [-0.1, -0.05) is 12.1 Å². The molecule has 0 saturated carbocycles. The summed E-state index contributed by atoms with van der Waals surface area (Å²) >= 11 is 0. The van der Waals surface area contributed by atoms with Gasteiger partial charge in [-0.25, -0.2) is 4.98 Å². The number of methoxy groups -OCH3 is 2. The van der Waals surface area contributed by atoms with Gasteiger partial charge in [0.2, 0.25) is 0 Å². The maximum atomic E-state index is 5.25. The molecule has 18 heavy (non-hydrogen) atoms. The number of nitrogens with zero attached hydrogens (tertiary/aromatic N) is 1. The lowest BCUT2D eigenvalue weighted by atomic mass is 10.1. The second kappa shape index (κ2) is 6.18. The fourth-order valence-corrected chi connectivity index (χ4v) is 1.60. The van der Waals surface area contributed by atoms with E-state index in [1.165, 1.54) is 6.39 Å². The molecule has 0 aliphatic carbocycles. The molecule has 5 nitrogen and oxygen atoms in total. The minimum absolute atomic E-state index is 0.265. The summed E-state index contributed by atoms with van der Waals surface area (Å²) in [5.74, 6) is 0.744. The van der Waals surface area contributed by atoms with Crippen LogP contribution < -0.4 is 5.32 Å². The van der Waals surface area contributed by atoms with Crippen LogP contribution in [0.2, 0.25) is 0 Å². The van der Waals surface area contributed by atoms with Crippen LogP contribution in [0.1, 0.15) is 0 Å². The van der Waals surface area contributed by atoms with Crippen molar-refractivity contribution < 1.29 is 13.9 Å². The summed E-state index contributed by atoms with van der Waals surface area (Å²) < 4.78 is 15.5. The van der Waals surface area contributed by atoms with E-state index in [2.05, 4.69) is 10.3 Å². The fraction of sp³-hybridized carbons (Fsp3) is 0.308. The topological polar surface area (TPSA) is 56.5 Å². The molecule has 0 atom stereocenters. The Balaban J connectivity index is 2.04. The van der Waals surface area contributed by atoms with E-state index < -0.39 is 0 Å². The molecule has 0 saturated heterocycles. The third-order valence-corrected chi connectivity index (χ3v) is 2.58. The Morgan fingerprint density at radius 3 is 2.83 bits per heavy atom. The van der Waals surface area contributed by atoms with E-state index in [-0.39, 0.29) is 6.29 Å². The van der Waals surface area contributed by atoms with Crippen LogP contribution in [0.25, 0.3) is 11.3 Å². The number of nitrogens with one attached hydrogen (secondary N) is 1. The Morgan fingerprint density at radius 2 is 2.17 bits per heavy atom. The van der Waals surface area contributed by atoms with Gasteiger partial charge in [-0.2, -0.15) is 0 Å². The average Bonchev–Trinajstić information content (AvgIpc) is 2.94. The minimum atomic E-state index is -0.265. The Kier molecular flexibility index (Phi) is 4.33. The first-order valence-electron chi connectivity index (χ1n) is 5.62. The Labute approximate surface area is 106 Å². The second-order valence-corrected chi connectivity index (χ2v) is 3.73. The average molecular weight is 248 g/mol. The molecule has 5 heteroatoms. The van der Waals surface area contributed by atoms with Gasteiger partial charge in [0.15, 0.2) is 18.4 Å². The van der Waals surface area contributed by atoms with E-state index in [1.807, 2.05) is 24.3 Å². The van der Waals surface area contributed by atoms with E-state index in [1.54, 1.807) is 20.4 Å². The number of oxazole rings is 1. The van der Waals surface area contributed by atoms with Crippen molar-refractivity contribution in [1.29, 1.82) is 0 Å². The van der Waals surface area contributed by atoms with Gasteiger partial charge in [0.1, 0.15) is 0 Å². The van der Waals surface area contributed by atoms with Crippen LogP contribution in [0, 0.1) is 0 Å². The zero-order valence-corrected chi connectivity index (χ0v) is 10.4. The Bertz CT molecular complexity index is 467. The molecule has 0 amide bonds. The molecule has 1 N–H and O–H groups in total. The van der Waals surface area contributed by atoms with Gasteiger partial charge in [0.05, 0.1) is 12.7 Å². The highest BCUT2D eigenvalue weighted by Crippen LogP contribution is 2.21. The largest absolute Gasteiger partial charge is 0.444 e. The van der Waals surface area contributed by atoms with Gasteiger partial charge in [-0.05, 0) is 12.1 Å². The van der Waals surface area contributed by atoms with Gasteiger partial charge in [0, 0.05) is 25.5 Å². The lowest BCUT2D eigenvalue weighted by Crippen LogP contribution is -2.23. The number of hydrogen-bond donors (Lipinski definition) is 1. The minimum Gasteiger partial charge on any atom is -0.444 e. The second-order valence-electron chi connectivity index (χ2n) is 3.73. The maximum absolute atomic E-state index is 5.25. The van der Waals surface area contributed by atoms with Crippen molar-refractivity contribution in [2.75, 3.05) is 26.1 Å². The molecule has 0 unspecified atom stereocenters. The number of anilines is 1. The first-order chi connectivity index (χ1) is 8.83. The summed E-state index contributed by atoms with van der Waals surface area (Å²) in [5.41, 5.74) is 1.95. The first-order valence-corrected chi connectivity index (χ1v) is 5.62. The summed E-state index contributed by atoms with van der Waals surface area (Å²) in [7, 11) is 3.22. The van der Waals surface area contributed by atoms with Crippen LogP contribution in [0.5, 0.6) is 0 Å². The van der Waals surface area contributed by atoms with Crippen LogP contribution in [-0.4, -0.2) is 32.0 Å². The van der Waals surface area contributed by atoms with E-state index >= 15 is 0 Å². The zero-order valence-electron chi connectivity index (χ0n) is 10.4. The highest BCUT2D eigenvalue weighted by molar-refractivity contribution is 5.63. The molecule has 1 aromatic heterocycles. The highest BCUT2D eigenvalue weighted by atomic mass is 16.7. The molecule has 2 rings (SSSR count). The van der Waals surface area contributed by atoms with Crippen LogP contribution in [0.15, 0.2) is 41.3 Å². The maximum Gasteiger partial charge on any atom is 0.181 e. The van der Waals surface area contributed by atoms with Crippen molar-refractivity contribution in [3.63, 3.8) is 0 Å². The van der Waals surface area contributed by atoms with Gasteiger partial charge < -0.3 is 19.2 Å². The molecule has 0 spiro atoms. The lowest BCUT2D eigenvalue weighted by Gasteiger charge is -2.15. The molecule has 0 fully saturated rings. The van der Waals surface area contributed by atoms with Gasteiger partial charge in [-0.15, -0.1) is 0 Å². The van der Waals surface area contributed by atoms with Gasteiger partial charge >= 0.3 is 0 Å². The van der Waals surface area contributed by atoms with E-state index in [9.17, 15) is 0 Å². The summed E-state index contributed by atoms with van der Waals surface area (Å²) in [4.78, 5) is 3.90. The van der Waals surface area contributed by atoms with Crippen LogP contribution in [0.4, 0.5) is 5.69 Å². The quantitative estimate of drug-likeness (QED) is 0.795. The standard InChI is InChI=1S/C13H16N2O3/c1-16-13(17-2)8-15-11-5-3-4-10(6-11)12-7-14-9-18-12/h3-7,9,13,15H,8H2,1-2H3. The van der Waals surface area contributed by atoms with Gasteiger partial charge in [-0.3, -0.25) is 0 Å². The molecule has 1 aromatic carbocycles. The summed E-state index contributed by atoms with van der Waals surface area (Å²) in [6.45, 7) is 0.576. The fourth-order valence-electron chi connectivity index (χ4n) is 1.60. The Morgan fingerprint density at radius 1 is 1.33 bits per heavy atom. The third-order valence-electron chi connectivity index (χ3n) is 2.58. The van der Waals surface area contributed by atoms with Crippen molar-refractivity contribution in [3.05, 3.63) is 36.9 Å². The van der Waals surface area contributed by atoms with Crippen molar-refractivity contribution in [2.24, 2.45) is 0 Å². The van der Waals surface area contributed by atoms with Gasteiger partial charge in [0.25, 0.3) is 0 Å². The smallest absolute Gasteiger partial charge is 0.181 e. The molecule has 0 radical (unpaired) electrons. The molecular formula is C13H16N2O3.